The van der Waals surface area contributed by atoms with E-state index in [4.69, 9.17) is 0 Å². The van der Waals surface area contributed by atoms with Crippen LogP contribution in [0.1, 0.15) is 26.7 Å². The maximum Gasteiger partial charge on any atom is 0.240 e. The second-order valence-electron chi connectivity index (χ2n) is 5.00. The molecule has 1 rings (SSSR count). The number of nitrogens with one attached hydrogen (secondary N) is 2. The van der Waals surface area contributed by atoms with Crippen molar-refractivity contribution in [3.8, 4) is 0 Å². The number of sulfonamides is 1. The average Bonchev–Trinajstić information content (AvgIpc) is 2.51. The standard InChI is InChI=1S/C14H24N2O4S/c1-3-9-15-21(19,20)13-7-5-12(6-8-13)16-14(4-2,10-17)11-18/h5-8,15-18H,3-4,9-11H2,1-2H3. The summed E-state index contributed by atoms with van der Waals surface area (Å²) in [5, 5.41) is 21.8. The van der Waals surface area contributed by atoms with E-state index in [-0.39, 0.29) is 18.1 Å². The number of rotatable bonds is 9. The van der Waals surface area contributed by atoms with E-state index in [9.17, 15) is 18.6 Å². The van der Waals surface area contributed by atoms with Crippen molar-refractivity contribution in [2.24, 2.45) is 0 Å². The first kappa shape index (κ1) is 17.9. The van der Waals surface area contributed by atoms with Gasteiger partial charge in [-0.2, -0.15) is 0 Å². The van der Waals surface area contributed by atoms with Crippen molar-refractivity contribution >= 4 is 15.7 Å². The van der Waals surface area contributed by atoms with Gasteiger partial charge in [0.2, 0.25) is 10.0 Å². The molecule has 0 aliphatic rings. The second-order valence-corrected chi connectivity index (χ2v) is 6.76. The number of benzene rings is 1. The van der Waals surface area contributed by atoms with Gasteiger partial charge >= 0.3 is 0 Å². The van der Waals surface area contributed by atoms with Crippen LogP contribution in [0.25, 0.3) is 0 Å². The lowest BCUT2D eigenvalue weighted by atomic mass is 9.98. The third-order valence-electron chi connectivity index (χ3n) is 3.40. The quantitative estimate of drug-likeness (QED) is 0.543. The predicted octanol–water partition coefficient (Wildman–Crippen LogP) is 0.920. The Labute approximate surface area is 126 Å². The van der Waals surface area contributed by atoms with Crippen LogP contribution in [0.15, 0.2) is 29.2 Å². The zero-order chi connectivity index (χ0) is 15.9. The molecule has 0 aromatic heterocycles. The van der Waals surface area contributed by atoms with Crippen molar-refractivity contribution < 1.29 is 18.6 Å². The van der Waals surface area contributed by atoms with Crippen LogP contribution in [0.3, 0.4) is 0 Å². The van der Waals surface area contributed by atoms with Crippen LogP contribution in [0.2, 0.25) is 0 Å². The van der Waals surface area contributed by atoms with Crippen LogP contribution >= 0.6 is 0 Å². The fourth-order valence-electron chi connectivity index (χ4n) is 1.78. The van der Waals surface area contributed by atoms with Crippen molar-refractivity contribution in [1.29, 1.82) is 0 Å². The number of hydrogen-bond acceptors (Lipinski definition) is 5. The van der Waals surface area contributed by atoms with Gasteiger partial charge in [0.25, 0.3) is 0 Å². The van der Waals surface area contributed by atoms with Gasteiger partial charge in [-0.25, -0.2) is 13.1 Å². The van der Waals surface area contributed by atoms with Gasteiger partial charge in [-0.15, -0.1) is 0 Å². The van der Waals surface area contributed by atoms with E-state index < -0.39 is 15.6 Å². The van der Waals surface area contributed by atoms with Gasteiger partial charge in [0, 0.05) is 12.2 Å². The first-order valence-electron chi connectivity index (χ1n) is 7.02. The molecule has 0 amide bonds. The molecule has 4 N–H and O–H groups in total. The molecule has 0 fully saturated rings. The Morgan fingerprint density at radius 1 is 1.10 bits per heavy atom. The molecule has 0 unspecified atom stereocenters. The summed E-state index contributed by atoms with van der Waals surface area (Å²) in [6.07, 6.45) is 1.27. The van der Waals surface area contributed by atoms with Crippen LogP contribution < -0.4 is 10.0 Å². The molecule has 21 heavy (non-hydrogen) atoms. The third-order valence-corrected chi connectivity index (χ3v) is 4.88. The molecule has 0 aliphatic heterocycles. The molecule has 7 heteroatoms. The van der Waals surface area contributed by atoms with E-state index in [0.717, 1.165) is 6.42 Å². The van der Waals surface area contributed by atoms with Gasteiger partial charge < -0.3 is 15.5 Å². The lowest BCUT2D eigenvalue weighted by Crippen LogP contribution is -2.45. The molecule has 6 nitrogen and oxygen atoms in total. The smallest absolute Gasteiger partial charge is 0.240 e. The lowest BCUT2D eigenvalue weighted by molar-refractivity contribution is 0.132. The minimum absolute atomic E-state index is 0.191. The van der Waals surface area contributed by atoms with Gasteiger partial charge in [0.15, 0.2) is 0 Å². The van der Waals surface area contributed by atoms with Crippen molar-refractivity contribution in [3.05, 3.63) is 24.3 Å². The summed E-state index contributed by atoms with van der Waals surface area (Å²) in [7, 11) is -3.48. The lowest BCUT2D eigenvalue weighted by Gasteiger charge is -2.31. The van der Waals surface area contributed by atoms with Crippen LogP contribution in [0, 0.1) is 0 Å². The summed E-state index contributed by atoms with van der Waals surface area (Å²) in [6.45, 7) is 3.73. The Balaban J connectivity index is 2.88. The molecule has 0 saturated carbocycles. The first-order chi connectivity index (χ1) is 9.93. The molecule has 0 spiro atoms. The maximum atomic E-state index is 11.9. The highest BCUT2D eigenvalue weighted by Gasteiger charge is 2.26. The van der Waals surface area contributed by atoms with Gasteiger partial charge in [-0.1, -0.05) is 13.8 Å². The molecule has 0 radical (unpaired) electrons. The monoisotopic (exact) mass is 316 g/mol. The summed E-state index contributed by atoms with van der Waals surface area (Å²) in [5.74, 6) is 0. The Hall–Kier alpha value is -1.15. The molecule has 1 aromatic rings. The molecule has 120 valence electrons. The molecular formula is C14H24N2O4S. The summed E-state index contributed by atoms with van der Waals surface area (Å²) in [4.78, 5) is 0.191. The molecule has 0 bridgehead atoms. The Bertz CT molecular complexity index is 516. The number of hydrogen-bond donors (Lipinski definition) is 4. The Kier molecular flexibility index (Phi) is 6.60. The van der Waals surface area contributed by atoms with Crippen LogP contribution in [-0.4, -0.2) is 43.9 Å². The second kappa shape index (κ2) is 7.74. The van der Waals surface area contributed by atoms with Gasteiger partial charge in [-0.3, -0.25) is 0 Å². The number of anilines is 1. The zero-order valence-corrected chi connectivity index (χ0v) is 13.3. The first-order valence-corrected chi connectivity index (χ1v) is 8.51. The fraction of sp³-hybridized carbons (Fsp3) is 0.571. The summed E-state index contributed by atoms with van der Waals surface area (Å²) in [6, 6.07) is 6.23. The van der Waals surface area contributed by atoms with Crippen LogP contribution in [-0.2, 0) is 10.0 Å². The largest absolute Gasteiger partial charge is 0.394 e. The number of aliphatic hydroxyl groups is 2. The molecule has 0 heterocycles. The molecular weight excluding hydrogens is 292 g/mol. The number of aliphatic hydroxyl groups excluding tert-OH is 2. The minimum atomic E-state index is -3.48. The average molecular weight is 316 g/mol. The molecule has 0 saturated heterocycles. The topological polar surface area (TPSA) is 98.7 Å². The van der Waals surface area contributed by atoms with Crippen molar-refractivity contribution in [2.75, 3.05) is 25.1 Å². The van der Waals surface area contributed by atoms with Gasteiger partial charge in [0.05, 0.1) is 23.6 Å². The van der Waals surface area contributed by atoms with E-state index in [2.05, 4.69) is 10.0 Å². The molecule has 0 atom stereocenters. The van der Waals surface area contributed by atoms with Crippen molar-refractivity contribution in [3.63, 3.8) is 0 Å². The van der Waals surface area contributed by atoms with E-state index >= 15 is 0 Å². The Morgan fingerprint density at radius 3 is 2.10 bits per heavy atom. The SMILES string of the molecule is CCCNS(=O)(=O)c1ccc(NC(CC)(CO)CO)cc1. The van der Waals surface area contributed by atoms with E-state index in [0.29, 0.717) is 18.7 Å². The van der Waals surface area contributed by atoms with Crippen molar-refractivity contribution in [1.82, 2.24) is 4.72 Å². The highest BCUT2D eigenvalue weighted by molar-refractivity contribution is 7.89. The van der Waals surface area contributed by atoms with Gasteiger partial charge in [0.1, 0.15) is 0 Å². The van der Waals surface area contributed by atoms with E-state index in [1.807, 2.05) is 13.8 Å². The van der Waals surface area contributed by atoms with Crippen molar-refractivity contribution in [2.45, 2.75) is 37.1 Å². The zero-order valence-electron chi connectivity index (χ0n) is 12.5. The predicted molar refractivity (Wildman–Crippen MR) is 82.7 cm³/mol. The van der Waals surface area contributed by atoms with Crippen LogP contribution in [0.5, 0.6) is 0 Å². The maximum absolute atomic E-state index is 11.9. The fourth-order valence-corrected chi connectivity index (χ4v) is 2.92. The highest BCUT2D eigenvalue weighted by Crippen LogP contribution is 2.20. The van der Waals surface area contributed by atoms with Gasteiger partial charge in [-0.05, 0) is 37.1 Å². The summed E-state index contributed by atoms with van der Waals surface area (Å²) < 4.78 is 26.4. The third kappa shape index (κ3) is 4.67. The van der Waals surface area contributed by atoms with Crippen LogP contribution in [0.4, 0.5) is 5.69 Å². The highest BCUT2D eigenvalue weighted by atomic mass is 32.2. The van der Waals surface area contributed by atoms with E-state index in [1.165, 1.54) is 12.1 Å². The molecule has 0 aliphatic carbocycles. The normalized spacial score (nSPS) is 12.4. The molecule has 1 aromatic carbocycles. The summed E-state index contributed by atoms with van der Waals surface area (Å²) in [5.41, 5.74) is -0.157. The Morgan fingerprint density at radius 2 is 1.67 bits per heavy atom. The summed E-state index contributed by atoms with van der Waals surface area (Å²) >= 11 is 0. The van der Waals surface area contributed by atoms with E-state index in [1.54, 1.807) is 12.1 Å². The minimum Gasteiger partial charge on any atom is -0.394 e.